The fourth-order valence-corrected chi connectivity index (χ4v) is 6.41. The lowest BCUT2D eigenvalue weighted by molar-refractivity contribution is -0.137. The molecule has 11 heteroatoms. The van der Waals surface area contributed by atoms with E-state index in [1.165, 1.54) is 11.0 Å². The fraction of sp³-hybridized carbons (Fsp3) is 0.278. The van der Waals surface area contributed by atoms with Gasteiger partial charge in [-0.15, -0.1) is 0 Å². The summed E-state index contributed by atoms with van der Waals surface area (Å²) in [5.74, 6) is 0.899. The third kappa shape index (κ3) is 6.98. The number of aromatic nitrogens is 4. The Morgan fingerprint density at radius 1 is 1.00 bits per heavy atom. The first-order chi connectivity index (χ1) is 22.6. The Kier molecular flexibility index (Phi) is 8.97. The number of anilines is 1. The molecule has 6 rings (SSSR count). The van der Waals surface area contributed by atoms with Crippen molar-refractivity contribution in [2.75, 3.05) is 11.9 Å². The van der Waals surface area contributed by atoms with E-state index in [4.69, 9.17) is 9.97 Å². The van der Waals surface area contributed by atoms with E-state index in [0.29, 0.717) is 60.2 Å². The van der Waals surface area contributed by atoms with Crippen molar-refractivity contribution in [3.63, 3.8) is 0 Å². The number of hydrogen-bond acceptors (Lipinski definition) is 5. The number of carboxylic acid groups (broad SMARTS) is 1. The summed E-state index contributed by atoms with van der Waals surface area (Å²) in [5.41, 5.74) is 3.04. The molecule has 1 fully saturated rings. The van der Waals surface area contributed by atoms with Gasteiger partial charge >= 0.3 is 12.3 Å². The molecule has 5 aromatic rings. The molecule has 3 heterocycles. The van der Waals surface area contributed by atoms with E-state index < -0.39 is 17.8 Å². The SMILES string of the molecule is CC(Nc1nccc(-c2c(-c3cccc(C(F)(F)F)c3)nc(C3CCN(C(=O)O)[C@H](Cc4ccccc4)C3)n2C)n1)c1ccccc1. The molecule has 1 amide bonds. The molecular weight excluding hydrogens is 605 g/mol. The van der Waals surface area contributed by atoms with Gasteiger partial charge in [0.25, 0.3) is 0 Å². The van der Waals surface area contributed by atoms with Crippen LogP contribution in [0.5, 0.6) is 0 Å². The van der Waals surface area contributed by atoms with Crippen molar-refractivity contribution in [3.05, 3.63) is 120 Å². The van der Waals surface area contributed by atoms with Crippen molar-refractivity contribution < 1.29 is 23.1 Å². The van der Waals surface area contributed by atoms with Gasteiger partial charge in [-0.3, -0.25) is 0 Å². The molecule has 2 aromatic heterocycles. The van der Waals surface area contributed by atoms with Crippen molar-refractivity contribution in [1.82, 2.24) is 24.4 Å². The summed E-state index contributed by atoms with van der Waals surface area (Å²) in [6.45, 7) is 2.31. The van der Waals surface area contributed by atoms with Gasteiger partial charge < -0.3 is 19.9 Å². The van der Waals surface area contributed by atoms with Crippen LogP contribution in [0, 0.1) is 0 Å². The molecule has 0 spiro atoms. The normalized spacial score (nSPS) is 17.3. The fourth-order valence-electron chi connectivity index (χ4n) is 6.41. The molecule has 1 saturated heterocycles. The second-order valence-electron chi connectivity index (χ2n) is 11.9. The highest BCUT2D eigenvalue weighted by molar-refractivity contribution is 5.78. The lowest BCUT2D eigenvalue weighted by atomic mass is 9.87. The average Bonchev–Trinajstić information content (AvgIpc) is 3.42. The van der Waals surface area contributed by atoms with Crippen molar-refractivity contribution >= 4 is 12.0 Å². The van der Waals surface area contributed by atoms with Crippen molar-refractivity contribution in [2.24, 2.45) is 7.05 Å². The zero-order chi connectivity index (χ0) is 33.1. The van der Waals surface area contributed by atoms with E-state index in [2.05, 4.69) is 10.3 Å². The van der Waals surface area contributed by atoms with Crippen LogP contribution in [0.25, 0.3) is 22.6 Å². The van der Waals surface area contributed by atoms with Crippen molar-refractivity contribution in [3.8, 4) is 22.6 Å². The minimum Gasteiger partial charge on any atom is -0.465 e. The van der Waals surface area contributed by atoms with Crippen LogP contribution in [0.4, 0.5) is 23.9 Å². The Morgan fingerprint density at radius 3 is 2.43 bits per heavy atom. The average molecular weight is 641 g/mol. The van der Waals surface area contributed by atoms with E-state index in [-0.39, 0.29) is 18.0 Å². The molecule has 47 heavy (non-hydrogen) atoms. The Balaban J connectivity index is 1.41. The maximum Gasteiger partial charge on any atom is 0.416 e. The molecular formula is C36H35F3N6O2. The lowest BCUT2D eigenvalue weighted by Crippen LogP contribution is -2.46. The number of rotatable bonds is 8. The number of piperidine rings is 1. The summed E-state index contributed by atoms with van der Waals surface area (Å²) in [6.07, 6.45) is -2.30. The summed E-state index contributed by atoms with van der Waals surface area (Å²) in [4.78, 5) is 27.9. The minimum absolute atomic E-state index is 0.0996. The number of nitrogens with one attached hydrogen (secondary N) is 1. The number of carbonyl (C=O) groups is 1. The predicted octanol–water partition coefficient (Wildman–Crippen LogP) is 8.20. The second-order valence-corrected chi connectivity index (χ2v) is 11.9. The van der Waals surface area contributed by atoms with Gasteiger partial charge in [0.05, 0.1) is 28.7 Å². The molecule has 1 aliphatic heterocycles. The number of nitrogens with zero attached hydrogens (tertiary/aromatic N) is 5. The Bertz CT molecular complexity index is 1850. The summed E-state index contributed by atoms with van der Waals surface area (Å²) < 4.78 is 43.3. The third-order valence-electron chi connectivity index (χ3n) is 8.78. The van der Waals surface area contributed by atoms with Crippen LogP contribution >= 0.6 is 0 Å². The van der Waals surface area contributed by atoms with Crippen LogP contribution in [0.2, 0.25) is 0 Å². The van der Waals surface area contributed by atoms with Gasteiger partial charge in [0.1, 0.15) is 5.82 Å². The van der Waals surface area contributed by atoms with Gasteiger partial charge in [0.2, 0.25) is 5.95 Å². The largest absolute Gasteiger partial charge is 0.465 e. The minimum atomic E-state index is -4.53. The summed E-state index contributed by atoms with van der Waals surface area (Å²) in [7, 11) is 1.84. The monoisotopic (exact) mass is 640 g/mol. The third-order valence-corrected chi connectivity index (χ3v) is 8.78. The number of hydrogen-bond donors (Lipinski definition) is 2. The maximum absolute atomic E-state index is 13.8. The zero-order valence-corrected chi connectivity index (χ0v) is 26.0. The number of alkyl halides is 3. The van der Waals surface area contributed by atoms with Crippen LogP contribution in [0.3, 0.4) is 0 Å². The standard InChI is InChI=1S/C36H35F3N6O2/c1-23(25-12-7-4-8-13-25)41-34-40-18-16-30(42-34)32-31(26-14-9-15-28(21-26)36(37,38)39)43-33(44(32)2)27-17-19-45(35(46)47)29(22-27)20-24-10-5-3-6-11-24/h3-16,18,21,23,27,29H,17,19-20,22H2,1-2H3,(H,46,47)(H,40,41,42)/t23?,27?,29-/m1/s1. The van der Waals surface area contributed by atoms with E-state index in [1.54, 1.807) is 18.3 Å². The molecule has 2 unspecified atom stereocenters. The molecule has 0 aliphatic carbocycles. The molecule has 2 N–H and O–H groups in total. The predicted molar refractivity (Wildman–Crippen MR) is 174 cm³/mol. The first-order valence-electron chi connectivity index (χ1n) is 15.5. The number of likely N-dealkylation sites (tertiary alicyclic amines) is 1. The smallest absolute Gasteiger partial charge is 0.416 e. The summed E-state index contributed by atoms with van der Waals surface area (Å²) in [6, 6.07) is 26.1. The molecule has 0 radical (unpaired) electrons. The van der Waals surface area contributed by atoms with Crippen LogP contribution in [-0.4, -0.2) is 48.2 Å². The maximum atomic E-state index is 13.8. The molecule has 8 nitrogen and oxygen atoms in total. The van der Waals surface area contributed by atoms with E-state index in [1.807, 2.05) is 79.2 Å². The van der Waals surface area contributed by atoms with Crippen LogP contribution in [0.1, 0.15) is 54.2 Å². The number of amides is 1. The quantitative estimate of drug-likeness (QED) is 0.178. The molecule has 1 aliphatic rings. The molecule has 3 atom stereocenters. The van der Waals surface area contributed by atoms with E-state index in [9.17, 15) is 23.1 Å². The highest BCUT2D eigenvalue weighted by atomic mass is 19.4. The Hall–Kier alpha value is -5.19. The van der Waals surface area contributed by atoms with Crippen LogP contribution in [-0.2, 0) is 19.6 Å². The van der Waals surface area contributed by atoms with E-state index >= 15 is 0 Å². The van der Waals surface area contributed by atoms with Gasteiger partial charge in [-0.1, -0.05) is 72.8 Å². The van der Waals surface area contributed by atoms with Gasteiger partial charge in [-0.25, -0.2) is 19.7 Å². The molecule has 242 valence electrons. The molecule has 0 saturated carbocycles. The number of benzene rings is 3. The van der Waals surface area contributed by atoms with E-state index in [0.717, 1.165) is 23.3 Å². The van der Waals surface area contributed by atoms with Gasteiger partial charge in [0.15, 0.2) is 0 Å². The highest BCUT2D eigenvalue weighted by Gasteiger charge is 2.36. The molecule has 3 aromatic carbocycles. The number of halogens is 3. The Morgan fingerprint density at radius 2 is 1.72 bits per heavy atom. The Labute approximate surface area is 271 Å². The van der Waals surface area contributed by atoms with Crippen LogP contribution < -0.4 is 5.32 Å². The second kappa shape index (κ2) is 13.3. The number of imidazole rings is 1. The first-order valence-corrected chi connectivity index (χ1v) is 15.5. The summed E-state index contributed by atoms with van der Waals surface area (Å²) in [5, 5.41) is 13.3. The van der Waals surface area contributed by atoms with Crippen molar-refractivity contribution in [2.45, 2.75) is 50.4 Å². The lowest BCUT2D eigenvalue weighted by Gasteiger charge is -2.37. The van der Waals surface area contributed by atoms with Gasteiger partial charge in [-0.2, -0.15) is 13.2 Å². The topological polar surface area (TPSA) is 96.2 Å². The van der Waals surface area contributed by atoms with Gasteiger partial charge in [0, 0.05) is 37.3 Å². The van der Waals surface area contributed by atoms with Gasteiger partial charge in [-0.05, 0) is 55.5 Å². The highest BCUT2D eigenvalue weighted by Crippen LogP contribution is 2.40. The summed E-state index contributed by atoms with van der Waals surface area (Å²) >= 11 is 0. The molecule has 0 bridgehead atoms. The van der Waals surface area contributed by atoms with Crippen LogP contribution in [0.15, 0.2) is 97.2 Å². The zero-order valence-electron chi connectivity index (χ0n) is 26.0. The van der Waals surface area contributed by atoms with Crippen molar-refractivity contribution in [1.29, 1.82) is 0 Å². The first kappa shape index (κ1) is 31.8.